The molecular weight excluding hydrogens is 304 g/mol. The second kappa shape index (κ2) is 7.84. The van der Waals surface area contributed by atoms with Crippen molar-refractivity contribution in [1.29, 1.82) is 5.26 Å². The maximum atomic E-state index is 8.79. The highest BCUT2D eigenvalue weighted by atomic mass is 15.5. The van der Waals surface area contributed by atoms with Crippen molar-refractivity contribution in [1.82, 2.24) is 30.1 Å². The molecule has 2 aromatic rings. The standard InChI is InChI=1S/C16H22N8/c1-2-6-24-16(20-21-22-24)12-23-7-5-14(11-23)10-19-15-4-3-13(8-17)9-18-15/h3-4,9,14H,2,5-7,10-12H2,1H3,(H,18,19)/t14-/m0/s1. The molecule has 8 heteroatoms. The van der Waals surface area contributed by atoms with Crippen LogP contribution in [0.4, 0.5) is 5.82 Å². The lowest BCUT2D eigenvalue weighted by Crippen LogP contribution is -2.24. The molecule has 24 heavy (non-hydrogen) atoms. The molecule has 8 nitrogen and oxygen atoms in total. The van der Waals surface area contributed by atoms with Gasteiger partial charge in [-0.3, -0.25) is 4.90 Å². The van der Waals surface area contributed by atoms with E-state index in [4.69, 9.17) is 5.26 Å². The molecule has 0 bridgehead atoms. The minimum Gasteiger partial charge on any atom is -0.370 e. The summed E-state index contributed by atoms with van der Waals surface area (Å²) in [5.41, 5.74) is 0.581. The molecule has 126 valence electrons. The molecule has 0 aliphatic carbocycles. The van der Waals surface area contributed by atoms with Gasteiger partial charge in [0.15, 0.2) is 5.82 Å². The summed E-state index contributed by atoms with van der Waals surface area (Å²) >= 11 is 0. The van der Waals surface area contributed by atoms with Crippen LogP contribution in [0.25, 0.3) is 0 Å². The molecule has 0 saturated carbocycles. The molecule has 0 aromatic carbocycles. The number of pyridine rings is 1. The maximum absolute atomic E-state index is 8.79. The van der Waals surface area contributed by atoms with Crippen LogP contribution >= 0.6 is 0 Å². The molecule has 0 radical (unpaired) electrons. The molecule has 0 spiro atoms. The van der Waals surface area contributed by atoms with Gasteiger partial charge < -0.3 is 5.32 Å². The average Bonchev–Trinajstić information content (AvgIpc) is 3.24. The summed E-state index contributed by atoms with van der Waals surface area (Å²) in [6, 6.07) is 5.71. The van der Waals surface area contributed by atoms with Gasteiger partial charge in [0.1, 0.15) is 11.9 Å². The summed E-state index contributed by atoms with van der Waals surface area (Å²) in [4.78, 5) is 6.64. The third kappa shape index (κ3) is 4.06. The third-order valence-electron chi connectivity index (χ3n) is 4.24. The Morgan fingerprint density at radius 1 is 1.42 bits per heavy atom. The summed E-state index contributed by atoms with van der Waals surface area (Å²) in [5.74, 6) is 2.34. The highest BCUT2D eigenvalue weighted by Gasteiger charge is 2.24. The molecule has 2 aromatic heterocycles. The van der Waals surface area contributed by atoms with Gasteiger partial charge in [-0.2, -0.15) is 5.26 Å². The molecule has 0 amide bonds. The lowest BCUT2D eigenvalue weighted by molar-refractivity contribution is 0.302. The minimum absolute atomic E-state index is 0.581. The monoisotopic (exact) mass is 326 g/mol. The molecule has 3 heterocycles. The van der Waals surface area contributed by atoms with E-state index in [1.54, 1.807) is 12.3 Å². The SMILES string of the molecule is CCCn1nnnc1CN1CC[C@@H](CNc2ccc(C#N)cn2)C1. The van der Waals surface area contributed by atoms with Crippen LogP contribution < -0.4 is 5.32 Å². The lowest BCUT2D eigenvalue weighted by Gasteiger charge is -2.16. The largest absolute Gasteiger partial charge is 0.370 e. The van der Waals surface area contributed by atoms with Gasteiger partial charge >= 0.3 is 0 Å². The van der Waals surface area contributed by atoms with Crippen molar-refractivity contribution in [3.05, 3.63) is 29.7 Å². The summed E-state index contributed by atoms with van der Waals surface area (Å²) in [5, 5.41) is 24.1. The van der Waals surface area contributed by atoms with Crippen molar-refractivity contribution in [2.24, 2.45) is 5.92 Å². The molecule has 1 aliphatic rings. The predicted molar refractivity (Wildman–Crippen MR) is 88.9 cm³/mol. The number of nitrogens with zero attached hydrogens (tertiary/aromatic N) is 7. The number of hydrogen-bond donors (Lipinski definition) is 1. The van der Waals surface area contributed by atoms with E-state index < -0.39 is 0 Å². The number of likely N-dealkylation sites (tertiary alicyclic amines) is 1. The van der Waals surface area contributed by atoms with Crippen molar-refractivity contribution in [3.63, 3.8) is 0 Å². The zero-order valence-corrected chi connectivity index (χ0v) is 13.9. The van der Waals surface area contributed by atoms with Gasteiger partial charge in [-0.1, -0.05) is 6.92 Å². The second-order valence-electron chi connectivity index (χ2n) is 6.13. The zero-order chi connectivity index (χ0) is 16.8. The summed E-state index contributed by atoms with van der Waals surface area (Å²) in [7, 11) is 0. The number of anilines is 1. The maximum Gasteiger partial charge on any atom is 0.165 e. The topological polar surface area (TPSA) is 95.5 Å². The lowest BCUT2D eigenvalue weighted by atomic mass is 10.1. The molecule has 1 aliphatic heterocycles. The number of tetrazole rings is 1. The van der Waals surface area contributed by atoms with Crippen LogP contribution in [0.15, 0.2) is 18.3 Å². The van der Waals surface area contributed by atoms with Gasteiger partial charge in [0.05, 0.1) is 12.1 Å². The van der Waals surface area contributed by atoms with Crippen molar-refractivity contribution in [3.8, 4) is 6.07 Å². The Morgan fingerprint density at radius 3 is 3.08 bits per heavy atom. The fourth-order valence-electron chi connectivity index (χ4n) is 2.96. The highest BCUT2D eigenvalue weighted by Crippen LogP contribution is 2.18. The molecular formula is C16H22N8. The first kappa shape index (κ1) is 16.3. The van der Waals surface area contributed by atoms with Crippen molar-refractivity contribution in [2.45, 2.75) is 32.9 Å². The van der Waals surface area contributed by atoms with Crippen molar-refractivity contribution >= 4 is 5.82 Å². The van der Waals surface area contributed by atoms with Gasteiger partial charge in [0, 0.05) is 25.8 Å². The number of aryl methyl sites for hydroxylation is 1. The zero-order valence-electron chi connectivity index (χ0n) is 13.9. The Balaban J connectivity index is 1.46. The number of hydrogen-bond acceptors (Lipinski definition) is 7. The van der Waals surface area contributed by atoms with Crippen molar-refractivity contribution < 1.29 is 0 Å². The van der Waals surface area contributed by atoms with Crippen LogP contribution in [0.3, 0.4) is 0 Å². The van der Waals surface area contributed by atoms with E-state index in [-0.39, 0.29) is 0 Å². The Kier molecular flexibility index (Phi) is 5.33. The minimum atomic E-state index is 0.581. The second-order valence-corrected chi connectivity index (χ2v) is 6.13. The van der Waals surface area contributed by atoms with Crippen LogP contribution in [-0.2, 0) is 13.1 Å². The van der Waals surface area contributed by atoms with Gasteiger partial charge in [-0.05, 0) is 47.9 Å². The summed E-state index contributed by atoms with van der Waals surface area (Å²) in [6.45, 7) is 6.77. The summed E-state index contributed by atoms with van der Waals surface area (Å²) in [6.07, 6.45) is 3.78. The normalized spacial score (nSPS) is 17.8. The van der Waals surface area contributed by atoms with E-state index in [0.717, 1.165) is 57.2 Å². The number of rotatable bonds is 7. The average molecular weight is 326 g/mol. The Labute approximate surface area is 141 Å². The molecule has 1 N–H and O–H groups in total. The Morgan fingerprint density at radius 2 is 2.33 bits per heavy atom. The van der Waals surface area contributed by atoms with Gasteiger partial charge in [-0.15, -0.1) is 5.10 Å². The van der Waals surface area contributed by atoms with Gasteiger partial charge in [-0.25, -0.2) is 9.67 Å². The first-order chi connectivity index (χ1) is 11.8. The predicted octanol–water partition coefficient (Wildman–Crippen LogP) is 1.28. The van der Waals surface area contributed by atoms with E-state index in [1.165, 1.54) is 0 Å². The fourth-order valence-corrected chi connectivity index (χ4v) is 2.96. The van der Waals surface area contributed by atoms with E-state index in [2.05, 4.69) is 43.7 Å². The van der Waals surface area contributed by atoms with E-state index in [1.807, 2.05) is 10.7 Å². The number of nitriles is 1. The van der Waals surface area contributed by atoms with Gasteiger partial charge in [0.2, 0.25) is 0 Å². The first-order valence-corrected chi connectivity index (χ1v) is 8.36. The van der Waals surface area contributed by atoms with Crippen LogP contribution in [0.5, 0.6) is 0 Å². The van der Waals surface area contributed by atoms with E-state index in [0.29, 0.717) is 11.5 Å². The van der Waals surface area contributed by atoms with Crippen LogP contribution in [0.1, 0.15) is 31.2 Å². The number of nitrogens with one attached hydrogen (secondary N) is 1. The summed E-state index contributed by atoms with van der Waals surface area (Å²) < 4.78 is 1.90. The molecule has 1 fully saturated rings. The first-order valence-electron chi connectivity index (χ1n) is 8.36. The molecule has 3 rings (SSSR count). The number of aromatic nitrogens is 5. The van der Waals surface area contributed by atoms with Crippen LogP contribution in [0, 0.1) is 17.2 Å². The van der Waals surface area contributed by atoms with Crippen molar-refractivity contribution in [2.75, 3.05) is 25.0 Å². The van der Waals surface area contributed by atoms with Crippen LogP contribution in [0.2, 0.25) is 0 Å². The smallest absolute Gasteiger partial charge is 0.165 e. The molecule has 1 atom stereocenters. The van der Waals surface area contributed by atoms with Crippen LogP contribution in [-0.4, -0.2) is 49.7 Å². The molecule has 0 unspecified atom stereocenters. The fraction of sp³-hybridized carbons (Fsp3) is 0.562. The Hall–Kier alpha value is -2.53. The highest BCUT2D eigenvalue weighted by molar-refractivity contribution is 5.38. The Bertz CT molecular complexity index is 687. The quantitative estimate of drug-likeness (QED) is 0.819. The van der Waals surface area contributed by atoms with Gasteiger partial charge in [0.25, 0.3) is 0 Å². The third-order valence-corrected chi connectivity index (χ3v) is 4.24. The molecule has 1 saturated heterocycles. The van der Waals surface area contributed by atoms with E-state index in [9.17, 15) is 0 Å². The van der Waals surface area contributed by atoms with E-state index >= 15 is 0 Å².